The van der Waals surface area contributed by atoms with Crippen molar-refractivity contribution in [2.75, 3.05) is 13.0 Å². The third-order valence-electron chi connectivity index (χ3n) is 2.16. The number of halogens is 1. The minimum atomic E-state index is -3.45. The highest BCUT2D eigenvalue weighted by molar-refractivity contribution is 9.10. The summed E-state index contributed by atoms with van der Waals surface area (Å²) in [5.41, 5.74) is -1.56. The highest BCUT2D eigenvalue weighted by Crippen LogP contribution is 2.29. The van der Waals surface area contributed by atoms with E-state index in [4.69, 9.17) is 17.1 Å². The molecule has 20 heavy (non-hydrogen) atoms. The van der Waals surface area contributed by atoms with E-state index in [1.165, 1.54) is 33.0 Å². The van der Waals surface area contributed by atoms with Crippen LogP contribution >= 0.6 is 15.9 Å². The van der Waals surface area contributed by atoms with E-state index in [1.807, 2.05) is 0 Å². The van der Waals surface area contributed by atoms with Crippen LogP contribution in [0.15, 0.2) is 22.9 Å². The van der Waals surface area contributed by atoms with Crippen molar-refractivity contribution in [2.24, 2.45) is 0 Å². The predicted octanol–water partition coefficient (Wildman–Crippen LogP) is 3.96. The van der Waals surface area contributed by atoms with Crippen molar-refractivity contribution in [3.63, 3.8) is 0 Å². The Morgan fingerprint density at radius 1 is 1.50 bits per heavy atom. The summed E-state index contributed by atoms with van der Waals surface area (Å²) in [5.74, 6) is -3.11. The molecule has 1 aliphatic rings. The van der Waals surface area contributed by atoms with Crippen LogP contribution in [0.2, 0.25) is 0 Å². The molecule has 0 saturated carbocycles. The SMILES string of the molecule is [2H]C1([2H])N(C(=O)OC(C)(C)C)C([2H])([2H])C([2H])([2H])C([2H])(c2cncc(Br)c2)C1([2H])[2H]. The molecular weight excluding hydrogens is 320 g/mol. The van der Waals surface area contributed by atoms with Crippen LogP contribution in [0.25, 0.3) is 0 Å². The van der Waals surface area contributed by atoms with E-state index in [0.29, 0.717) is 0 Å². The summed E-state index contributed by atoms with van der Waals surface area (Å²) in [6, 6.07) is 1.17. The molecule has 5 heteroatoms. The summed E-state index contributed by atoms with van der Waals surface area (Å²) >= 11 is 3.09. The topological polar surface area (TPSA) is 42.4 Å². The number of carbonyl (C=O) groups excluding carboxylic acids is 1. The molecule has 0 unspecified atom stereocenters. The Morgan fingerprint density at radius 3 is 2.70 bits per heavy atom. The van der Waals surface area contributed by atoms with Crippen LogP contribution in [0, 0.1) is 0 Å². The first-order chi connectivity index (χ1) is 12.7. The van der Waals surface area contributed by atoms with Gasteiger partial charge in [0.05, 0.1) is 0 Å². The van der Waals surface area contributed by atoms with E-state index in [-0.39, 0.29) is 9.37 Å². The van der Waals surface area contributed by atoms with Crippen molar-refractivity contribution in [1.29, 1.82) is 0 Å². The van der Waals surface area contributed by atoms with E-state index < -0.39 is 48.9 Å². The van der Waals surface area contributed by atoms with Gasteiger partial charge in [0.25, 0.3) is 0 Å². The second-order valence-corrected chi connectivity index (χ2v) is 5.97. The van der Waals surface area contributed by atoms with Crippen molar-refractivity contribution < 1.29 is 21.9 Å². The highest BCUT2D eigenvalue weighted by atomic mass is 79.9. The molecule has 110 valence electrons. The van der Waals surface area contributed by atoms with E-state index in [0.717, 1.165) is 6.20 Å². The average Bonchev–Trinajstić information content (AvgIpc) is 2.50. The molecule has 1 aliphatic heterocycles. The molecule has 1 aromatic rings. The Labute approximate surface area is 141 Å². The molecule has 0 aliphatic carbocycles. The zero-order chi connectivity index (χ0) is 22.8. The molecule has 1 amide bonds. The lowest BCUT2D eigenvalue weighted by molar-refractivity contribution is 0.0205. The summed E-state index contributed by atoms with van der Waals surface area (Å²) in [4.78, 5) is 16.2. The van der Waals surface area contributed by atoms with Gasteiger partial charge in [-0.3, -0.25) is 4.98 Å². The molecule has 1 fully saturated rings. The number of carbonyl (C=O) groups is 1. The fourth-order valence-corrected chi connectivity index (χ4v) is 1.74. The number of piperidine rings is 1. The van der Waals surface area contributed by atoms with Gasteiger partial charge < -0.3 is 9.64 Å². The number of hydrogen-bond donors (Lipinski definition) is 0. The third-order valence-corrected chi connectivity index (χ3v) is 2.59. The normalized spacial score (nSPS) is 35.4. The molecular formula is C15H21BrN2O2. The Kier molecular flexibility index (Phi) is 2.22. The van der Waals surface area contributed by atoms with Gasteiger partial charge in [-0.25, -0.2) is 4.79 Å². The van der Waals surface area contributed by atoms with Crippen LogP contribution in [0.5, 0.6) is 0 Å². The van der Waals surface area contributed by atoms with Gasteiger partial charge in [0.1, 0.15) is 5.60 Å². The van der Waals surface area contributed by atoms with Gasteiger partial charge in [0.15, 0.2) is 0 Å². The van der Waals surface area contributed by atoms with Crippen LogP contribution < -0.4 is 0 Å². The summed E-state index contributed by atoms with van der Waals surface area (Å²) in [7, 11) is 0. The number of amides is 1. The molecule has 0 radical (unpaired) electrons. The first-order valence-electron chi connectivity index (χ1n) is 10.4. The Hall–Kier alpha value is -1.10. The number of ether oxygens (including phenoxy) is 1. The van der Waals surface area contributed by atoms with Gasteiger partial charge in [-0.2, -0.15) is 0 Å². The average molecular weight is 350 g/mol. The Bertz CT molecular complexity index is 798. The van der Waals surface area contributed by atoms with Crippen LogP contribution in [0.1, 0.15) is 57.3 Å². The minimum Gasteiger partial charge on any atom is -0.444 e. The number of rotatable bonds is 1. The summed E-state index contributed by atoms with van der Waals surface area (Å²) < 4.78 is 80.6. The van der Waals surface area contributed by atoms with E-state index in [2.05, 4.69) is 20.9 Å². The summed E-state index contributed by atoms with van der Waals surface area (Å²) in [5, 5.41) is 0. The first kappa shape index (κ1) is 7.25. The quantitative estimate of drug-likeness (QED) is 0.770. The molecule has 2 rings (SSSR count). The molecule has 0 atom stereocenters. The number of hydrogen-bond acceptors (Lipinski definition) is 3. The van der Waals surface area contributed by atoms with Crippen molar-refractivity contribution >= 4 is 22.0 Å². The smallest absolute Gasteiger partial charge is 0.410 e. The van der Waals surface area contributed by atoms with E-state index in [1.54, 1.807) is 0 Å². The highest BCUT2D eigenvalue weighted by Gasteiger charge is 2.27. The van der Waals surface area contributed by atoms with Gasteiger partial charge in [0.2, 0.25) is 0 Å². The van der Waals surface area contributed by atoms with Crippen LogP contribution in [-0.2, 0) is 4.74 Å². The largest absolute Gasteiger partial charge is 0.444 e. The van der Waals surface area contributed by atoms with E-state index >= 15 is 0 Å². The van der Waals surface area contributed by atoms with Crippen LogP contribution in [-0.4, -0.2) is 34.6 Å². The van der Waals surface area contributed by atoms with Crippen molar-refractivity contribution in [3.05, 3.63) is 28.5 Å². The van der Waals surface area contributed by atoms with Gasteiger partial charge in [0, 0.05) is 42.2 Å². The van der Waals surface area contributed by atoms with Gasteiger partial charge in [-0.1, -0.05) is 0 Å². The Balaban J connectivity index is 2.81. The number of pyridine rings is 1. The van der Waals surface area contributed by atoms with Gasteiger partial charge in [-0.05, 0) is 67.0 Å². The van der Waals surface area contributed by atoms with E-state index in [9.17, 15) is 4.79 Å². The maximum absolute atomic E-state index is 12.6. The van der Waals surface area contributed by atoms with Crippen molar-refractivity contribution in [3.8, 4) is 0 Å². The fourth-order valence-electron chi connectivity index (χ4n) is 1.37. The Morgan fingerprint density at radius 2 is 2.15 bits per heavy atom. The lowest BCUT2D eigenvalue weighted by atomic mass is 9.91. The van der Waals surface area contributed by atoms with Crippen molar-refractivity contribution in [2.45, 2.75) is 45.0 Å². The monoisotopic (exact) mass is 349 g/mol. The number of aromatic nitrogens is 1. The molecule has 1 aromatic heterocycles. The maximum Gasteiger partial charge on any atom is 0.410 e. The van der Waals surface area contributed by atoms with Crippen LogP contribution in [0.3, 0.4) is 0 Å². The fraction of sp³-hybridized carbons (Fsp3) is 0.600. The molecule has 0 bridgehead atoms. The standard InChI is InChI=1S/C15H21BrN2O2/c1-15(2,3)20-14(19)18-6-4-11(5-7-18)12-8-13(16)10-17-9-12/h8-11H,4-7H2,1-3H3/i4D2,5D2,6D2,7D2,11D. The molecule has 2 heterocycles. The first-order valence-corrected chi connectivity index (χ1v) is 6.69. The second-order valence-electron chi connectivity index (χ2n) is 5.06. The summed E-state index contributed by atoms with van der Waals surface area (Å²) in [6.07, 6.45) is -6.11. The lowest BCUT2D eigenvalue weighted by Crippen LogP contribution is -2.41. The van der Waals surface area contributed by atoms with Gasteiger partial charge in [-0.15, -0.1) is 0 Å². The minimum absolute atomic E-state index is 0.219. The molecule has 1 saturated heterocycles. The zero-order valence-electron chi connectivity index (χ0n) is 20.3. The second kappa shape index (κ2) is 6.12. The zero-order valence-corrected chi connectivity index (χ0v) is 12.9. The van der Waals surface area contributed by atoms with Crippen LogP contribution in [0.4, 0.5) is 4.79 Å². The third kappa shape index (κ3) is 4.20. The van der Waals surface area contributed by atoms with Gasteiger partial charge >= 0.3 is 6.09 Å². The number of nitrogens with zero attached hydrogens (tertiary/aromatic N) is 2. The number of likely N-dealkylation sites (tertiary alicyclic amines) is 1. The summed E-state index contributed by atoms with van der Waals surface area (Å²) in [6.45, 7) is -2.55. The molecule has 0 spiro atoms. The van der Waals surface area contributed by atoms with Crippen molar-refractivity contribution in [1.82, 2.24) is 9.88 Å². The molecule has 4 nitrogen and oxygen atoms in total. The maximum atomic E-state index is 12.6. The molecule has 0 N–H and O–H groups in total. The molecule has 0 aromatic carbocycles. The predicted molar refractivity (Wildman–Crippen MR) is 81.7 cm³/mol. The lowest BCUT2D eigenvalue weighted by Gasteiger charge is -2.33.